The molecular weight excluding hydrogens is 1010 g/mol. The zero-order valence-corrected chi connectivity index (χ0v) is 37.1. The van der Waals surface area contributed by atoms with Crippen LogP contribution >= 0.6 is 15.8 Å². The molecule has 0 N–H and O–H groups in total. The maximum atomic E-state index is 7.35. The molecule has 0 saturated heterocycles. The third-order valence-electron chi connectivity index (χ3n) is 9.47. The van der Waals surface area contributed by atoms with E-state index in [4.69, 9.17) is 12.8 Å². The van der Waals surface area contributed by atoms with Crippen LogP contribution < -0.4 is 0 Å². The summed E-state index contributed by atoms with van der Waals surface area (Å²) in [6.07, 6.45) is 17.8. The fraction of sp³-hybridized carbons (Fsp3) is 0.304. The van der Waals surface area contributed by atoms with Crippen molar-refractivity contribution in [3.8, 4) is 11.8 Å². The van der Waals surface area contributed by atoms with Crippen molar-refractivity contribution in [1.82, 2.24) is 0 Å². The molecule has 0 nitrogen and oxygen atoms in total. The summed E-state index contributed by atoms with van der Waals surface area (Å²) < 4.78 is 0. The quantitative estimate of drug-likeness (QED) is 0.0491. The van der Waals surface area contributed by atoms with Crippen LogP contribution in [0.1, 0.15) is 66.5 Å². The Kier molecular flexibility index (Phi) is 18.8. The number of fused-ring (bicyclic) bond motifs is 6. The van der Waals surface area contributed by atoms with E-state index in [1.165, 1.54) is 21.5 Å². The second kappa shape index (κ2) is 21.4. The van der Waals surface area contributed by atoms with Crippen LogP contribution in [0.25, 0.3) is 43.1 Å². The van der Waals surface area contributed by atoms with Gasteiger partial charge in [0.1, 0.15) is 0 Å². The van der Waals surface area contributed by atoms with E-state index in [1.807, 2.05) is 72.8 Å². The molecule has 6 aromatic carbocycles. The van der Waals surface area contributed by atoms with E-state index >= 15 is 0 Å². The maximum Gasteiger partial charge on any atom is 1.00 e. The van der Waals surface area contributed by atoms with Crippen molar-refractivity contribution in [2.75, 3.05) is 12.3 Å². The van der Waals surface area contributed by atoms with Gasteiger partial charge in [0.05, 0.1) is 35.0 Å². The van der Waals surface area contributed by atoms with Gasteiger partial charge in [-0.2, -0.15) is 0 Å². The van der Waals surface area contributed by atoms with E-state index < -0.39 is 0 Å². The molecule has 0 spiro atoms. The molecule has 0 radical (unpaired) electrons. The minimum absolute atomic E-state index is 0. The van der Waals surface area contributed by atoms with E-state index in [0.717, 1.165) is 55.3 Å². The minimum atomic E-state index is -0.114. The van der Waals surface area contributed by atoms with E-state index in [1.54, 1.807) is 12.3 Å². The van der Waals surface area contributed by atoms with Crippen LogP contribution in [0, 0.1) is 24.7 Å². The van der Waals surface area contributed by atoms with Crippen LogP contribution in [-0.4, -0.2) is 35.0 Å². The molecule has 6 rings (SSSR count). The Morgan fingerprint density at radius 2 is 0.680 bits per heavy atom. The standard InChI is InChI=1S/2C16H9.C14H32P2.2Au/c2*1-2-12-11-13-7-3-4-9-15(13)16-10-6-5-8-14(12)16;1-11(2)15(12(3)4)9-10-16(13(5)6)14(7)8;;/h2*3-11H;11-14H,9-10H2,1-8H3;;/q2*-1;;2*+1/p+2. The molecule has 0 atom stereocenters. The Labute approximate surface area is 336 Å². The summed E-state index contributed by atoms with van der Waals surface area (Å²) in [6, 6.07) is 36.9. The van der Waals surface area contributed by atoms with Crippen LogP contribution in [0.5, 0.6) is 0 Å². The monoisotopic (exact) mass is 1060 g/mol. The van der Waals surface area contributed by atoms with Crippen LogP contribution in [0.4, 0.5) is 0 Å². The van der Waals surface area contributed by atoms with Gasteiger partial charge >= 0.3 is 44.8 Å². The average molecular weight is 1060 g/mol. The van der Waals surface area contributed by atoms with E-state index in [9.17, 15) is 0 Å². The second-order valence-corrected chi connectivity index (χ2v) is 21.8. The maximum absolute atomic E-state index is 7.35. The first-order valence-electron chi connectivity index (χ1n) is 17.4. The van der Waals surface area contributed by atoms with Crippen molar-refractivity contribution >= 4 is 58.9 Å². The molecule has 50 heavy (non-hydrogen) atoms. The number of benzene rings is 6. The molecule has 0 saturated carbocycles. The van der Waals surface area contributed by atoms with E-state index in [0.29, 0.717) is 0 Å². The van der Waals surface area contributed by atoms with E-state index in [2.05, 4.69) is 104 Å². The normalized spacial score (nSPS) is 10.9. The van der Waals surface area contributed by atoms with Crippen LogP contribution in [0.15, 0.2) is 109 Å². The van der Waals surface area contributed by atoms with Gasteiger partial charge in [0.15, 0.2) is 0 Å². The Hall–Kier alpha value is -2.18. The first-order chi connectivity index (χ1) is 23.1. The number of rotatable bonds is 7. The van der Waals surface area contributed by atoms with Gasteiger partial charge in [-0.3, -0.25) is 11.8 Å². The zero-order chi connectivity index (χ0) is 34.8. The average Bonchev–Trinajstić information content (AvgIpc) is 3.09. The van der Waals surface area contributed by atoms with Crippen molar-refractivity contribution in [3.63, 3.8) is 0 Å². The van der Waals surface area contributed by atoms with Gasteiger partial charge < -0.3 is 12.8 Å². The zero-order valence-electron chi connectivity index (χ0n) is 30.7. The molecule has 0 amide bonds. The van der Waals surface area contributed by atoms with Gasteiger partial charge in [-0.25, -0.2) is 0 Å². The first kappa shape index (κ1) is 44.0. The third kappa shape index (κ3) is 11.2. The molecule has 0 aliphatic heterocycles. The van der Waals surface area contributed by atoms with Crippen molar-refractivity contribution in [3.05, 3.63) is 133 Å². The fourth-order valence-corrected chi connectivity index (χ4v) is 14.4. The van der Waals surface area contributed by atoms with Gasteiger partial charge in [-0.15, -0.1) is 23.3 Å². The molecule has 0 aliphatic rings. The topological polar surface area (TPSA) is 0 Å². The molecule has 6 aromatic rings. The van der Waals surface area contributed by atoms with Crippen molar-refractivity contribution in [2.24, 2.45) is 0 Å². The SMILES string of the molecule is CC(C)[PH+](CC[PH+](C(C)C)C(C)C)C(C)C.[Au+].[Au+].[C-]#Cc1cc2ccccc2c2ccccc12.[C-]#Cc1cc2ccccc2c2ccccc12. The molecule has 0 aromatic heterocycles. The van der Waals surface area contributed by atoms with E-state index in [-0.39, 0.29) is 60.6 Å². The first-order valence-corrected chi connectivity index (χ1v) is 21.2. The Bertz CT molecular complexity index is 1880. The summed E-state index contributed by atoms with van der Waals surface area (Å²) in [4.78, 5) is 0. The molecule has 0 bridgehead atoms. The van der Waals surface area contributed by atoms with Gasteiger partial charge in [0, 0.05) is 15.8 Å². The molecule has 266 valence electrons. The smallest absolute Gasteiger partial charge is 0.366 e. The van der Waals surface area contributed by atoms with Gasteiger partial charge in [0.2, 0.25) is 0 Å². The summed E-state index contributed by atoms with van der Waals surface area (Å²) in [7, 11) is -0.229. The minimum Gasteiger partial charge on any atom is -0.366 e. The van der Waals surface area contributed by atoms with Crippen molar-refractivity contribution in [2.45, 2.75) is 78.0 Å². The predicted octanol–water partition coefficient (Wildman–Crippen LogP) is 12.9. The van der Waals surface area contributed by atoms with Crippen molar-refractivity contribution < 1.29 is 44.8 Å². The van der Waals surface area contributed by atoms with Gasteiger partial charge in [-0.1, -0.05) is 108 Å². The molecule has 0 aliphatic carbocycles. The summed E-state index contributed by atoms with van der Waals surface area (Å²) in [5.41, 5.74) is 5.52. The van der Waals surface area contributed by atoms with Crippen LogP contribution in [0.2, 0.25) is 0 Å². The second-order valence-electron chi connectivity index (χ2n) is 13.9. The fourth-order valence-electron chi connectivity index (χ4n) is 7.09. The van der Waals surface area contributed by atoms with Crippen LogP contribution in [0.3, 0.4) is 0 Å². The molecule has 0 fully saturated rings. The molecule has 4 heteroatoms. The predicted molar refractivity (Wildman–Crippen MR) is 222 cm³/mol. The summed E-state index contributed by atoms with van der Waals surface area (Å²) in [5, 5.41) is 9.36. The van der Waals surface area contributed by atoms with Gasteiger partial charge in [0.25, 0.3) is 0 Å². The summed E-state index contributed by atoms with van der Waals surface area (Å²) in [6.45, 7) is 19.5. The Morgan fingerprint density at radius 1 is 0.420 bits per heavy atom. The summed E-state index contributed by atoms with van der Waals surface area (Å²) >= 11 is 0. The Morgan fingerprint density at radius 3 is 0.960 bits per heavy atom. The number of hydrogen-bond donors (Lipinski definition) is 0. The molecule has 0 heterocycles. The molecule has 0 unspecified atom stereocenters. The number of hydrogen-bond acceptors (Lipinski definition) is 0. The van der Waals surface area contributed by atoms with Gasteiger partial charge in [-0.05, 0) is 87.7 Å². The van der Waals surface area contributed by atoms with Crippen LogP contribution in [-0.2, 0) is 44.8 Å². The van der Waals surface area contributed by atoms with Crippen molar-refractivity contribution in [1.29, 1.82) is 0 Å². The third-order valence-corrected chi connectivity index (χ3v) is 17.6. The molecular formula is C46H52Au2P2+2. The summed E-state index contributed by atoms with van der Waals surface area (Å²) in [5.74, 6) is 5.02. The Balaban J connectivity index is 0.000000255. The largest absolute Gasteiger partial charge is 1.00 e.